The van der Waals surface area contributed by atoms with Gasteiger partial charge in [-0.15, -0.1) is 0 Å². The fourth-order valence-electron chi connectivity index (χ4n) is 11.1. The van der Waals surface area contributed by atoms with Crippen molar-refractivity contribution in [2.45, 2.75) is 314 Å². The number of hydrogen-bond acceptors (Lipinski definition) is 6. The molecule has 0 fully saturated rings. The Morgan fingerprint density at radius 2 is 0.301 bits per heavy atom. The van der Waals surface area contributed by atoms with Crippen molar-refractivity contribution < 1.29 is 40.7 Å². The van der Waals surface area contributed by atoms with E-state index in [0.717, 1.165) is 47.0 Å². The van der Waals surface area contributed by atoms with E-state index in [-0.39, 0.29) is 32.5 Å². The summed E-state index contributed by atoms with van der Waals surface area (Å²) in [5, 5.41) is 0. The van der Waals surface area contributed by atoms with Gasteiger partial charge in [0.2, 0.25) is 0 Å². The van der Waals surface area contributed by atoms with Crippen molar-refractivity contribution in [2.24, 2.45) is 0 Å². The third-order valence-electron chi connectivity index (χ3n) is 17.5. The number of rotatable bonds is 14. The first-order valence-electron chi connectivity index (χ1n) is 34.2. The Morgan fingerprint density at radius 3 is 0.398 bits per heavy atom. The van der Waals surface area contributed by atoms with Gasteiger partial charge >= 0.3 is 579 Å². The van der Waals surface area contributed by atoms with Crippen LogP contribution in [0, 0.1) is 0 Å². The van der Waals surface area contributed by atoms with Crippen molar-refractivity contribution in [3.63, 3.8) is 0 Å². The minimum atomic E-state index is -4.82. The molecule has 0 N–H and O–H groups in total. The van der Waals surface area contributed by atoms with E-state index in [1.165, 1.54) is 33.4 Å². The van der Waals surface area contributed by atoms with Crippen LogP contribution in [0.1, 0.15) is 316 Å². The van der Waals surface area contributed by atoms with Crippen molar-refractivity contribution in [2.75, 3.05) is 0 Å². The van der Waals surface area contributed by atoms with Crippen LogP contribution in [0.25, 0.3) is 0 Å². The van der Waals surface area contributed by atoms with Gasteiger partial charge in [0.15, 0.2) is 0 Å². The molecule has 0 bridgehead atoms. The Bertz CT molecular complexity index is 3000. The monoisotopic (exact) mass is 1350 g/mol. The molecule has 0 atom stereocenters. The summed E-state index contributed by atoms with van der Waals surface area (Å²) in [5.41, 5.74) is 9.74. The van der Waals surface area contributed by atoms with E-state index in [4.69, 9.17) is 27.1 Å². The first-order chi connectivity index (χ1) is 41.5. The molecule has 93 heavy (non-hydrogen) atoms. The van der Waals surface area contributed by atoms with Gasteiger partial charge in [-0.25, -0.2) is 0 Å². The van der Waals surface area contributed by atoms with Crippen molar-refractivity contribution in [3.8, 4) is 34.5 Å². The average molecular weight is 1350 g/mol. The zero-order valence-corrected chi connectivity index (χ0v) is 68.1. The summed E-state index contributed by atoms with van der Waals surface area (Å²) in [7, 11) is 0. The molecule has 6 rings (SSSR count). The third kappa shape index (κ3) is 19.4. The van der Waals surface area contributed by atoms with Gasteiger partial charge in [0.05, 0.1) is 0 Å². The summed E-state index contributed by atoms with van der Waals surface area (Å²) < 4.78 is 50.3. The van der Waals surface area contributed by atoms with Gasteiger partial charge in [0.1, 0.15) is 0 Å². The Kier molecular flexibility index (Phi) is 21.7. The van der Waals surface area contributed by atoms with E-state index in [1.807, 2.05) is 0 Å². The SMILES string of the molecule is CC(C)(C)c1ccc(O[PH](Oc2ccc(C(C)(C)C)cc2C(C)(C)C)(Oc2ccc(C(C)(C)C)cc2C(C)(C)C)[Ni][PH](Oc2ccc(C(C)(C)C)cc2C(C)(C)C)(Oc2ccc(C(C)(C)C)cc2C(C)(C)C)Oc2ccc(C(C)(C)C)cc2C(C)(C)C)c(C(C)(C)C)c1. The van der Waals surface area contributed by atoms with E-state index >= 15 is 0 Å². The van der Waals surface area contributed by atoms with Crippen LogP contribution >= 0.6 is 13.4 Å². The molecule has 0 amide bonds. The van der Waals surface area contributed by atoms with Gasteiger partial charge in [-0.3, -0.25) is 0 Å². The molecule has 0 aliphatic carbocycles. The van der Waals surface area contributed by atoms with Crippen molar-refractivity contribution in [3.05, 3.63) is 176 Å². The van der Waals surface area contributed by atoms with Crippen LogP contribution < -0.4 is 27.1 Å². The third-order valence-corrected chi connectivity index (χ3v) is 29.0. The van der Waals surface area contributed by atoms with E-state index in [2.05, 4.69) is 358 Å². The van der Waals surface area contributed by atoms with Crippen LogP contribution in [-0.2, 0) is 78.6 Å². The maximum atomic E-state index is 8.38. The molecule has 0 saturated carbocycles. The maximum absolute atomic E-state index is 8.38. The average Bonchev–Trinajstić information content (AvgIpc) is 0.751. The molecule has 0 unspecified atom stereocenters. The summed E-state index contributed by atoms with van der Waals surface area (Å²) in [5.74, 6) is 3.89. The van der Waals surface area contributed by atoms with Crippen LogP contribution in [0.5, 0.6) is 34.5 Å². The molecule has 6 aromatic carbocycles. The van der Waals surface area contributed by atoms with Gasteiger partial charge in [0, 0.05) is 0 Å². The molecule has 0 aliphatic heterocycles. The van der Waals surface area contributed by atoms with Crippen molar-refractivity contribution in [1.82, 2.24) is 0 Å². The fraction of sp³-hybridized carbons (Fsp3) is 0.571. The normalized spacial score (nSPS) is 14.5. The Hall–Kier alpha value is -4.53. The molecule has 0 saturated heterocycles. The molecule has 0 heterocycles. The van der Waals surface area contributed by atoms with Crippen molar-refractivity contribution >= 4 is 13.4 Å². The molecule has 0 spiro atoms. The van der Waals surface area contributed by atoms with E-state index in [9.17, 15) is 0 Å². The van der Waals surface area contributed by atoms with Crippen LogP contribution in [0.2, 0.25) is 0 Å². The van der Waals surface area contributed by atoms with E-state index < -0.39 is 45.9 Å². The molecular weight excluding hydrogens is 1230 g/mol. The summed E-state index contributed by atoms with van der Waals surface area (Å²) in [6.07, 6.45) is 0. The second-order valence-electron chi connectivity index (χ2n) is 38.8. The molecule has 520 valence electrons. The molecule has 0 aliphatic rings. The topological polar surface area (TPSA) is 55.4 Å². The molecule has 9 heteroatoms. The van der Waals surface area contributed by atoms with Gasteiger partial charge in [0.25, 0.3) is 0 Å². The second kappa shape index (κ2) is 26.0. The Morgan fingerprint density at radius 1 is 0.183 bits per heavy atom. The van der Waals surface area contributed by atoms with Gasteiger partial charge in [-0.1, -0.05) is 0 Å². The Labute approximate surface area is 575 Å². The van der Waals surface area contributed by atoms with Gasteiger partial charge in [-0.05, 0) is 0 Å². The van der Waals surface area contributed by atoms with Crippen molar-refractivity contribution in [1.29, 1.82) is 0 Å². The summed E-state index contributed by atoms with van der Waals surface area (Å²) in [6, 6.07) is 40.2. The quantitative estimate of drug-likeness (QED) is 0.0800. The minimum absolute atomic E-state index is 0.172. The zero-order valence-electron chi connectivity index (χ0n) is 65.2. The summed E-state index contributed by atoms with van der Waals surface area (Å²) in [4.78, 5) is 0. The number of hydrogen-bond donors (Lipinski definition) is 0. The van der Waals surface area contributed by atoms with E-state index in [1.54, 1.807) is 0 Å². The first kappa shape index (κ1) is 77.5. The first-order valence-corrected chi connectivity index (χ1v) is 40.2. The second-order valence-corrected chi connectivity index (χ2v) is 48.3. The van der Waals surface area contributed by atoms with Gasteiger partial charge in [-0.2, -0.15) is 0 Å². The summed E-state index contributed by atoms with van der Waals surface area (Å²) in [6.45, 7) is 72.0. The van der Waals surface area contributed by atoms with Gasteiger partial charge < -0.3 is 0 Å². The standard InChI is InChI=1S/2C42H64O3P.Ni/c2*1-37(2,3)28-19-22-34(31(25-28)40(10,11)12)43-46(44-35-23-20-29(38(4,5)6)26-32(35)41(13,14)15)45-36-24-21-30(39(7,8)9)27-33(36)42(16,17)18;/h2*19-27,46H,1-18H3;/q2*+1;-2. The molecule has 6 nitrogen and oxygen atoms in total. The predicted octanol–water partition coefficient (Wildman–Crippen LogP) is 25.9. The molecule has 6 aromatic rings. The predicted molar refractivity (Wildman–Crippen MR) is 403 cm³/mol. The van der Waals surface area contributed by atoms with Crippen LogP contribution in [0.4, 0.5) is 0 Å². The number of benzene rings is 6. The Balaban J connectivity index is 2.02. The molecule has 0 radical (unpaired) electrons. The molecular formula is C84H128NiO6P2. The van der Waals surface area contributed by atoms with Crippen LogP contribution in [0.15, 0.2) is 109 Å². The molecule has 0 aromatic heterocycles. The van der Waals surface area contributed by atoms with E-state index in [0.29, 0.717) is 34.5 Å². The summed E-state index contributed by atoms with van der Waals surface area (Å²) >= 11 is 1.01. The van der Waals surface area contributed by atoms with Crippen LogP contribution in [0.3, 0.4) is 0 Å². The fourth-order valence-corrected chi connectivity index (χ4v) is 23.7. The zero-order chi connectivity index (χ0) is 71.1. The van der Waals surface area contributed by atoms with Crippen LogP contribution in [-0.4, -0.2) is 0 Å².